The summed E-state index contributed by atoms with van der Waals surface area (Å²) >= 11 is 0. The van der Waals surface area contributed by atoms with Gasteiger partial charge in [-0.25, -0.2) is 0 Å². The Labute approximate surface area is 58.3 Å². The molecule has 0 saturated carbocycles. The molecule has 0 spiro atoms. The van der Waals surface area contributed by atoms with Gasteiger partial charge >= 0.3 is 0 Å². The van der Waals surface area contributed by atoms with E-state index >= 15 is 0 Å². The lowest BCUT2D eigenvalue weighted by Gasteiger charge is -2.07. The van der Waals surface area contributed by atoms with Crippen molar-refractivity contribution in [3.05, 3.63) is 0 Å². The van der Waals surface area contributed by atoms with E-state index in [0.717, 1.165) is 0 Å². The summed E-state index contributed by atoms with van der Waals surface area (Å²) in [6.45, 7) is 0.210. The Hall–Kier alpha value is -0.240. The average molecular weight is 152 g/mol. The Morgan fingerprint density at radius 3 is 1.20 bits per heavy atom. The maximum atomic E-state index is 8.17. The first-order chi connectivity index (χ1) is 4.63. The molecule has 0 aromatic heterocycles. The van der Waals surface area contributed by atoms with Crippen LogP contribution in [0.3, 0.4) is 0 Å². The van der Waals surface area contributed by atoms with E-state index in [4.69, 9.17) is 20.8 Å². The predicted octanol–water partition coefficient (Wildman–Crippen LogP) is -0.0726. The van der Waals surface area contributed by atoms with Crippen LogP contribution in [0.5, 0.6) is 0 Å². The van der Waals surface area contributed by atoms with Crippen LogP contribution < -0.4 is 0 Å². The first kappa shape index (κ1) is 9.76. The van der Waals surface area contributed by atoms with E-state index in [1.54, 1.807) is 0 Å². The van der Waals surface area contributed by atoms with Crippen LogP contribution in [0.4, 0.5) is 0 Å². The first-order valence-corrected chi connectivity index (χ1v) is 2.93. The van der Waals surface area contributed by atoms with Crippen LogP contribution in [0.25, 0.3) is 0 Å². The number of rotatable bonds is 5. The van der Waals surface area contributed by atoms with Crippen LogP contribution in [0.2, 0.25) is 0 Å². The molecular weight excluding hydrogens is 140 g/mol. The molecule has 0 atom stereocenters. The summed E-state index contributed by atoms with van der Waals surface area (Å²) in [6.07, 6.45) is 0.981. The van der Waals surface area contributed by atoms with Crippen LogP contribution >= 0.6 is 0 Å². The van der Waals surface area contributed by atoms with Gasteiger partial charge in [-0.1, -0.05) is 10.5 Å². The Kier molecular flexibility index (Phi) is 5.40. The number of hydroxylamine groups is 4. The fraction of sp³-hybridized carbons (Fsp3) is 1.00. The maximum Gasteiger partial charge on any atom is 0.0513 e. The van der Waals surface area contributed by atoms with Gasteiger partial charge in [0, 0.05) is 0 Å². The van der Waals surface area contributed by atoms with Gasteiger partial charge in [-0.05, 0) is 12.8 Å². The van der Waals surface area contributed by atoms with Gasteiger partial charge in [0.15, 0.2) is 0 Å². The molecule has 0 rings (SSSR count). The van der Waals surface area contributed by atoms with Crippen molar-refractivity contribution in [2.24, 2.45) is 0 Å². The van der Waals surface area contributed by atoms with Crippen molar-refractivity contribution in [3.63, 3.8) is 0 Å². The second-order valence-electron chi connectivity index (χ2n) is 1.90. The number of hydrogen-bond donors (Lipinski definition) is 4. The summed E-state index contributed by atoms with van der Waals surface area (Å²) in [7, 11) is 0. The van der Waals surface area contributed by atoms with Crippen molar-refractivity contribution in [1.29, 1.82) is 0 Å². The fourth-order valence-corrected chi connectivity index (χ4v) is 0.506. The molecule has 0 bridgehead atoms. The molecule has 0 aromatic carbocycles. The van der Waals surface area contributed by atoms with Gasteiger partial charge in [0.05, 0.1) is 13.1 Å². The lowest BCUT2D eigenvalue weighted by atomic mass is 10.3. The molecule has 0 fully saturated rings. The SMILES string of the molecule is ON(O)CCCCN(O)O. The fourth-order valence-electron chi connectivity index (χ4n) is 0.506. The van der Waals surface area contributed by atoms with Gasteiger partial charge in [-0.3, -0.25) is 20.8 Å². The zero-order valence-electron chi connectivity index (χ0n) is 5.51. The zero-order chi connectivity index (χ0) is 7.98. The monoisotopic (exact) mass is 152 g/mol. The van der Waals surface area contributed by atoms with Crippen LogP contribution in [0, 0.1) is 0 Å². The molecule has 6 nitrogen and oxygen atoms in total. The number of nitrogens with zero attached hydrogens (tertiary/aromatic N) is 2. The molecule has 0 aromatic rings. The normalized spacial score (nSPS) is 11.4. The molecule has 0 aliphatic heterocycles. The van der Waals surface area contributed by atoms with Gasteiger partial charge in [0.1, 0.15) is 0 Å². The first-order valence-electron chi connectivity index (χ1n) is 2.93. The highest BCUT2D eigenvalue weighted by atomic mass is 16.8. The third-order valence-corrected chi connectivity index (χ3v) is 0.966. The molecule has 0 heterocycles. The second-order valence-corrected chi connectivity index (χ2v) is 1.90. The molecule has 6 heteroatoms. The molecule has 0 amide bonds. The largest absolute Gasteiger partial charge is 0.290 e. The van der Waals surface area contributed by atoms with E-state index in [1.165, 1.54) is 0 Å². The molecular formula is C4H12N2O4. The summed E-state index contributed by atoms with van der Waals surface area (Å²) in [4.78, 5) is 0. The van der Waals surface area contributed by atoms with Gasteiger partial charge in [-0.15, -0.1) is 0 Å². The highest BCUT2D eigenvalue weighted by Gasteiger charge is 1.96. The van der Waals surface area contributed by atoms with Crippen molar-refractivity contribution >= 4 is 0 Å². The van der Waals surface area contributed by atoms with Crippen LogP contribution in [0.15, 0.2) is 0 Å². The quantitative estimate of drug-likeness (QED) is 0.326. The number of hydrogen-bond acceptors (Lipinski definition) is 6. The van der Waals surface area contributed by atoms with Crippen molar-refractivity contribution in [2.45, 2.75) is 12.8 Å². The van der Waals surface area contributed by atoms with Crippen LogP contribution in [-0.4, -0.2) is 44.4 Å². The Bertz CT molecular complexity index is 67.7. The second kappa shape index (κ2) is 5.54. The molecule has 10 heavy (non-hydrogen) atoms. The van der Waals surface area contributed by atoms with E-state index in [0.29, 0.717) is 12.8 Å². The number of unbranched alkanes of at least 4 members (excludes halogenated alkanes) is 1. The maximum absolute atomic E-state index is 8.17. The molecule has 0 saturated heterocycles. The minimum absolute atomic E-state index is 0.0685. The van der Waals surface area contributed by atoms with Gasteiger partial charge < -0.3 is 0 Å². The topological polar surface area (TPSA) is 87.4 Å². The van der Waals surface area contributed by atoms with Crippen LogP contribution in [0.1, 0.15) is 12.8 Å². The summed E-state index contributed by atoms with van der Waals surface area (Å²) in [5.74, 6) is 0. The third-order valence-electron chi connectivity index (χ3n) is 0.966. The highest BCUT2D eigenvalue weighted by molar-refractivity contribution is 4.39. The van der Waals surface area contributed by atoms with Crippen molar-refractivity contribution in [1.82, 2.24) is 10.5 Å². The van der Waals surface area contributed by atoms with Crippen molar-refractivity contribution < 1.29 is 20.8 Å². The summed E-state index contributed by atoms with van der Waals surface area (Å²) in [5.41, 5.74) is 0. The van der Waals surface area contributed by atoms with Crippen LogP contribution in [-0.2, 0) is 0 Å². The van der Waals surface area contributed by atoms with Gasteiger partial charge in [-0.2, -0.15) is 0 Å². The lowest BCUT2D eigenvalue weighted by Crippen LogP contribution is -2.18. The average Bonchev–Trinajstić information content (AvgIpc) is 1.79. The van der Waals surface area contributed by atoms with E-state index in [2.05, 4.69) is 0 Å². The summed E-state index contributed by atoms with van der Waals surface area (Å²) in [5, 5.41) is 32.8. The molecule has 4 N–H and O–H groups in total. The lowest BCUT2D eigenvalue weighted by molar-refractivity contribution is -0.314. The van der Waals surface area contributed by atoms with E-state index < -0.39 is 0 Å². The van der Waals surface area contributed by atoms with E-state index in [9.17, 15) is 0 Å². The standard InChI is InChI=1S/C4H12N2O4/c7-5(8)3-1-2-4-6(9)10/h7-10H,1-4H2. The van der Waals surface area contributed by atoms with E-state index in [1.807, 2.05) is 0 Å². The minimum Gasteiger partial charge on any atom is -0.290 e. The Morgan fingerprint density at radius 2 is 1.00 bits per heavy atom. The zero-order valence-corrected chi connectivity index (χ0v) is 5.51. The Morgan fingerprint density at radius 1 is 0.700 bits per heavy atom. The van der Waals surface area contributed by atoms with Crippen molar-refractivity contribution in [3.8, 4) is 0 Å². The van der Waals surface area contributed by atoms with Gasteiger partial charge in [0.2, 0.25) is 0 Å². The summed E-state index contributed by atoms with van der Waals surface area (Å²) in [6, 6.07) is 0. The Balaban J connectivity index is 2.91. The molecule has 0 aliphatic carbocycles. The predicted molar refractivity (Wildman–Crippen MR) is 29.8 cm³/mol. The van der Waals surface area contributed by atoms with Crippen molar-refractivity contribution in [2.75, 3.05) is 13.1 Å². The molecule has 0 unspecified atom stereocenters. The molecule has 0 aliphatic rings. The molecule has 0 radical (unpaired) electrons. The van der Waals surface area contributed by atoms with Gasteiger partial charge in [0.25, 0.3) is 0 Å². The molecule has 62 valence electrons. The smallest absolute Gasteiger partial charge is 0.0513 e. The van der Waals surface area contributed by atoms with E-state index in [-0.39, 0.29) is 23.5 Å². The third kappa shape index (κ3) is 7.76. The minimum atomic E-state index is 0.0685. The highest BCUT2D eigenvalue weighted by Crippen LogP contribution is 1.90. The summed E-state index contributed by atoms with van der Waals surface area (Å²) < 4.78 is 0.